The summed E-state index contributed by atoms with van der Waals surface area (Å²) >= 11 is 0.902. The molecule has 0 aliphatic rings. The van der Waals surface area contributed by atoms with Gasteiger partial charge >= 0.3 is 6.18 Å². The summed E-state index contributed by atoms with van der Waals surface area (Å²) in [5.41, 5.74) is 3.61. The van der Waals surface area contributed by atoms with E-state index in [9.17, 15) is 32.9 Å². The Morgan fingerprint density at radius 2 is 1.77 bits per heavy atom. The van der Waals surface area contributed by atoms with Crippen molar-refractivity contribution in [1.29, 1.82) is 0 Å². The maximum absolute atomic E-state index is 12.9. The molecule has 31 heavy (non-hydrogen) atoms. The average molecular weight is 455 g/mol. The van der Waals surface area contributed by atoms with Crippen LogP contribution in [0.2, 0.25) is 0 Å². The molecule has 0 aliphatic heterocycles. The Morgan fingerprint density at radius 1 is 1.13 bits per heavy atom. The van der Waals surface area contributed by atoms with Crippen molar-refractivity contribution >= 4 is 29.3 Å². The molecule has 3 N–H and O–H groups in total. The van der Waals surface area contributed by atoms with E-state index >= 15 is 0 Å². The van der Waals surface area contributed by atoms with Crippen LogP contribution in [0.4, 0.5) is 18.9 Å². The number of alkyl halides is 3. The monoisotopic (exact) mass is 455 g/mol. The smallest absolute Gasteiger partial charge is 0.366 e. The molecule has 2 aromatic carbocycles. The van der Waals surface area contributed by atoms with Gasteiger partial charge in [-0.15, -0.1) is 11.8 Å². The number of carbonyl (C=O) groups excluding carboxylic acids is 2. The molecule has 11 heteroatoms. The lowest BCUT2D eigenvalue weighted by atomic mass is 9.83. The molecule has 0 bridgehead atoms. The molecule has 2 rings (SSSR count). The number of nitrogens with two attached hydrogens (primary N) is 1. The van der Waals surface area contributed by atoms with E-state index in [0.717, 1.165) is 30.0 Å². The Labute approximate surface area is 180 Å². The number of hydrogen-bond acceptors (Lipinski definition) is 5. The third-order valence-corrected chi connectivity index (χ3v) is 5.56. The van der Waals surface area contributed by atoms with Crippen LogP contribution in [-0.4, -0.2) is 29.0 Å². The molecule has 0 radical (unpaired) electrons. The Balaban J connectivity index is 2.02. The second-order valence-corrected chi connectivity index (χ2v) is 8.35. The normalized spacial score (nSPS) is 11.8. The molecule has 0 spiro atoms. The molecular formula is C20H20F3N3O4S. The van der Waals surface area contributed by atoms with Gasteiger partial charge in [0.25, 0.3) is 5.69 Å². The fraction of sp³-hybridized carbons (Fsp3) is 0.300. The van der Waals surface area contributed by atoms with Crippen molar-refractivity contribution in [1.82, 2.24) is 5.32 Å². The molecule has 0 fully saturated rings. The number of carbonyl (C=O) groups is 2. The van der Waals surface area contributed by atoms with Crippen molar-refractivity contribution in [3.05, 3.63) is 69.3 Å². The van der Waals surface area contributed by atoms with Crippen molar-refractivity contribution in [2.75, 3.05) is 12.3 Å². The largest absolute Gasteiger partial charge is 0.416 e. The van der Waals surface area contributed by atoms with Gasteiger partial charge in [0.2, 0.25) is 11.8 Å². The molecular weight excluding hydrogens is 435 g/mol. The van der Waals surface area contributed by atoms with Gasteiger partial charge in [0, 0.05) is 23.6 Å². The fourth-order valence-electron chi connectivity index (χ4n) is 2.67. The Morgan fingerprint density at radius 3 is 2.35 bits per heavy atom. The Hall–Kier alpha value is -3.08. The highest BCUT2D eigenvalue weighted by molar-refractivity contribution is 8.00. The summed E-state index contributed by atoms with van der Waals surface area (Å²) in [4.78, 5) is 34.1. The number of nitrogens with one attached hydrogen (secondary N) is 1. The number of rotatable bonds is 8. The predicted octanol–water partition coefficient (Wildman–Crippen LogP) is 3.90. The lowest BCUT2D eigenvalue weighted by Gasteiger charge is -2.26. The van der Waals surface area contributed by atoms with E-state index in [1.165, 1.54) is 18.2 Å². The molecule has 166 valence electrons. The van der Waals surface area contributed by atoms with Crippen LogP contribution in [0.1, 0.15) is 35.3 Å². The van der Waals surface area contributed by atoms with Gasteiger partial charge < -0.3 is 11.1 Å². The topological polar surface area (TPSA) is 115 Å². The van der Waals surface area contributed by atoms with Crippen LogP contribution in [0.5, 0.6) is 0 Å². The summed E-state index contributed by atoms with van der Waals surface area (Å²) in [5.74, 6) is -1.41. The molecule has 0 heterocycles. The summed E-state index contributed by atoms with van der Waals surface area (Å²) in [6, 6.07) is 8.59. The third-order valence-electron chi connectivity index (χ3n) is 4.50. The summed E-state index contributed by atoms with van der Waals surface area (Å²) in [7, 11) is 0. The lowest BCUT2D eigenvalue weighted by Crippen LogP contribution is -2.37. The van der Waals surface area contributed by atoms with Crippen molar-refractivity contribution in [3.8, 4) is 0 Å². The van der Waals surface area contributed by atoms with Crippen LogP contribution in [0.25, 0.3) is 0 Å². The highest BCUT2D eigenvalue weighted by Gasteiger charge is 2.32. The average Bonchev–Trinajstić information content (AvgIpc) is 2.70. The summed E-state index contributed by atoms with van der Waals surface area (Å²) in [5, 5.41) is 13.9. The second-order valence-electron chi connectivity index (χ2n) is 7.33. The maximum Gasteiger partial charge on any atom is 0.416 e. The summed E-state index contributed by atoms with van der Waals surface area (Å²) in [6.07, 6.45) is -4.47. The number of thioether (sulfide) groups is 1. The van der Waals surface area contributed by atoms with E-state index in [1.54, 1.807) is 19.9 Å². The maximum atomic E-state index is 12.9. The van der Waals surface area contributed by atoms with Gasteiger partial charge in [-0.1, -0.05) is 32.0 Å². The van der Waals surface area contributed by atoms with Gasteiger partial charge in [-0.3, -0.25) is 19.7 Å². The van der Waals surface area contributed by atoms with E-state index in [0.29, 0.717) is 5.56 Å². The van der Waals surface area contributed by atoms with Crippen LogP contribution < -0.4 is 11.1 Å². The van der Waals surface area contributed by atoms with Crippen molar-refractivity contribution in [2.24, 2.45) is 5.73 Å². The SMILES string of the molecule is CC(C)(CNC(=O)CSc1ccc(C(N)=O)cc1[N+](=O)[O-])c1cccc(C(F)(F)F)c1. The minimum Gasteiger partial charge on any atom is -0.366 e. The predicted molar refractivity (Wildman–Crippen MR) is 110 cm³/mol. The van der Waals surface area contributed by atoms with Gasteiger partial charge in [0.1, 0.15) is 0 Å². The number of nitro groups is 1. The number of primary amides is 1. The van der Waals surface area contributed by atoms with Gasteiger partial charge in [0.15, 0.2) is 0 Å². The van der Waals surface area contributed by atoms with E-state index in [4.69, 9.17) is 5.73 Å². The summed E-state index contributed by atoms with van der Waals surface area (Å²) in [6.45, 7) is 3.46. The van der Waals surface area contributed by atoms with Crippen LogP contribution in [0.3, 0.4) is 0 Å². The standard InChI is InChI=1S/C20H20F3N3O4S/c1-19(2,13-4-3-5-14(9-13)20(21,22)23)11-25-17(27)10-31-16-7-6-12(18(24)28)8-15(16)26(29)30/h3-9H,10-11H2,1-2H3,(H2,24,28)(H,25,27). The van der Waals surface area contributed by atoms with E-state index in [2.05, 4.69) is 5.32 Å². The quantitative estimate of drug-likeness (QED) is 0.356. The molecule has 2 aromatic rings. The first-order chi connectivity index (χ1) is 14.3. The molecule has 0 saturated heterocycles. The highest BCUT2D eigenvalue weighted by Crippen LogP contribution is 2.33. The molecule has 2 amide bonds. The zero-order valence-corrected chi connectivity index (χ0v) is 17.5. The van der Waals surface area contributed by atoms with Crippen LogP contribution in [-0.2, 0) is 16.4 Å². The molecule has 0 aliphatic carbocycles. The Bertz CT molecular complexity index is 1010. The summed E-state index contributed by atoms with van der Waals surface area (Å²) < 4.78 is 38.8. The fourth-order valence-corrected chi connectivity index (χ4v) is 3.50. The van der Waals surface area contributed by atoms with Crippen LogP contribution >= 0.6 is 11.8 Å². The molecule has 0 saturated carbocycles. The lowest BCUT2D eigenvalue weighted by molar-refractivity contribution is -0.387. The van der Waals surface area contributed by atoms with Gasteiger partial charge in [-0.25, -0.2) is 0 Å². The molecule has 7 nitrogen and oxygen atoms in total. The van der Waals surface area contributed by atoms with E-state index < -0.39 is 33.9 Å². The molecule has 0 atom stereocenters. The van der Waals surface area contributed by atoms with Crippen molar-refractivity contribution in [3.63, 3.8) is 0 Å². The number of benzene rings is 2. The minimum absolute atomic E-state index is 0.0247. The van der Waals surface area contributed by atoms with Gasteiger partial charge in [-0.05, 0) is 23.8 Å². The first-order valence-electron chi connectivity index (χ1n) is 8.97. The third kappa shape index (κ3) is 6.45. The zero-order valence-electron chi connectivity index (χ0n) is 16.7. The van der Waals surface area contributed by atoms with Gasteiger partial charge in [0.05, 0.1) is 21.1 Å². The van der Waals surface area contributed by atoms with Crippen LogP contribution in [0.15, 0.2) is 47.4 Å². The minimum atomic E-state index is -4.47. The van der Waals surface area contributed by atoms with E-state index in [-0.39, 0.29) is 28.4 Å². The van der Waals surface area contributed by atoms with Crippen molar-refractivity contribution < 1.29 is 27.7 Å². The number of amides is 2. The molecule has 0 unspecified atom stereocenters. The van der Waals surface area contributed by atoms with Gasteiger partial charge in [-0.2, -0.15) is 13.2 Å². The number of nitrogens with zero attached hydrogens (tertiary/aromatic N) is 1. The zero-order chi connectivity index (χ0) is 23.4. The molecule has 0 aromatic heterocycles. The number of nitro benzene ring substituents is 1. The number of halogens is 3. The first kappa shape index (κ1) is 24.2. The highest BCUT2D eigenvalue weighted by atomic mass is 32.2. The number of hydrogen-bond donors (Lipinski definition) is 2. The first-order valence-corrected chi connectivity index (χ1v) is 9.95. The van der Waals surface area contributed by atoms with E-state index in [1.807, 2.05) is 0 Å². The van der Waals surface area contributed by atoms with Crippen molar-refractivity contribution in [2.45, 2.75) is 30.3 Å². The van der Waals surface area contributed by atoms with Crippen LogP contribution in [0, 0.1) is 10.1 Å². The Kier molecular flexibility index (Phi) is 7.32. The second kappa shape index (κ2) is 9.38.